The largest absolute Gasteiger partial charge is 0.309 e. The lowest BCUT2D eigenvalue weighted by Crippen LogP contribution is -2.02. The van der Waals surface area contributed by atoms with Crippen LogP contribution >= 0.6 is 0 Å². The molecule has 0 saturated heterocycles. The molecule has 5 heteroatoms. The van der Waals surface area contributed by atoms with Crippen LogP contribution in [0.5, 0.6) is 0 Å². The lowest BCUT2D eigenvalue weighted by Gasteiger charge is -2.17. The van der Waals surface area contributed by atoms with Gasteiger partial charge in [-0.05, 0) is 72.1 Å². The van der Waals surface area contributed by atoms with Crippen LogP contribution in [-0.2, 0) is 0 Å². The minimum Gasteiger partial charge on any atom is -0.309 e. The molecule has 62 heavy (non-hydrogen) atoms. The average molecular weight is 794 g/mol. The highest BCUT2D eigenvalue weighted by Gasteiger charge is 2.21. The Labute approximate surface area is 360 Å². The SMILES string of the molecule is Cc1ccccc1-c1ccc2c(c1)c1ccccc1n2-c1ccc(-c2nc(-c3ccccc3)cc(-c3ccccc3)n2)cc1-c1cc(-c2ccccc2)nc(-c2ccccc2)n1. The number of hydrogen-bond donors (Lipinski definition) is 0. The molecule has 292 valence electrons. The van der Waals surface area contributed by atoms with Crippen LogP contribution in [0.2, 0.25) is 0 Å². The van der Waals surface area contributed by atoms with Gasteiger partial charge in [0.05, 0.1) is 39.5 Å². The van der Waals surface area contributed by atoms with Gasteiger partial charge < -0.3 is 4.57 Å². The summed E-state index contributed by atoms with van der Waals surface area (Å²) in [6, 6.07) is 76.1. The van der Waals surface area contributed by atoms with Crippen LogP contribution in [0.15, 0.2) is 218 Å². The number of hydrogen-bond acceptors (Lipinski definition) is 4. The van der Waals surface area contributed by atoms with E-state index in [2.05, 4.69) is 169 Å². The molecule has 0 fully saturated rings. The van der Waals surface area contributed by atoms with Gasteiger partial charge in [0.1, 0.15) is 0 Å². The smallest absolute Gasteiger partial charge is 0.160 e. The monoisotopic (exact) mass is 793 g/mol. The van der Waals surface area contributed by atoms with Gasteiger partial charge in [0.15, 0.2) is 11.6 Å². The molecule has 0 amide bonds. The number of benzene rings is 8. The fraction of sp³-hybridized carbons (Fsp3) is 0.0175. The fourth-order valence-corrected chi connectivity index (χ4v) is 8.52. The second-order valence-electron chi connectivity index (χ2n) is 15.5. The van der Waals surface area contributed by atoms with Crippen molar-refractivity contribution in [3.8, 4) is 84.6 Å². The van der Waals surface area contributed by atoms with Crippen LogP contribution in [0.1, 0.15) is 5.56 Å². The maximum atomic E-state index is 5.39. The maximum Gasteiger partial charge on any atom is 0.160 e. The van der Waals surface area contributed by atoms with E-state index in [9.17, 15) is 0 Å². The molecule has 0 radical (unpaired) electrons. The van der Waals surface area contributed by atoms with E-state index in [1.165, 1.54) is 27.5 Å². The predicted octanol–water partition coefficient (Wildman–Crippen LogP) is 14.3. The molecule has 5 nitrogen and oxygen atoms in total. The van der Waals surface area contributed by atoms with Gasteiger partial charge in [-0.25, -0.2) is 19.9 Å². The molecule has 11 aromatic rings. The van der Waals surface area contributed by atoms with Crippen molar-refractivity contribution in [1.82, 2.24) is 24.5 Å². The Morgan fingerprint density at radius 3 is 1.39 bits per heavy atom. The van der Waals surface area contributed by atoms with E-state index >= 15 is 0 Å². The number of nitrogens with zero attached hydrogens (tertiary/aromatic N) is 5. The second kappa shape index (κ2) is 15.7. The van der Waals surface area contributed by atoms with Crippen molar-refractivity contribution < 1.29 is 0 Å². The summed E-state index contributed by atoms with van der Waals surface area (Å²) in [4.78, 5) is 21.1. The minimum absolute atomic E-state index is 0.628. The minimum atomic E-state index is 0.628. The highest BCUT2D eigenvalue weighted by Crippen LogP contribution is 2.41. The summed E-state index contributed by atoms with van der Waals surface area (Å²) in [6.07, 6.45) is 0. The van der Waals surface area contributed by atoms with Crippen molar-refractivity contribution in [3.63, 3.8) is 0 Å². The van der Waals surface area contributed by atoms with Crippen molar-refractivity contribution in [2.75, 3.05) is 0 Å². The number of rotatable bonds is 8. The first-order chi connectivity index (χ1) is 30.6. The third-order valence-corrected chi connectivity index (χ3v) is 11.6. The molecule has 0 bridgehead atoms. The van der Waals surface area contributed by atoms with Gasteiger partial charge >= 0.3 is 0 Å². The highest BCUT2D eigenvalue weighted by atomic mass is 15.0. The summed E-state index contributed by atoms with van der Waals surface area (Å²) in [7, 11) is 0. The first-order valence-electron chi connectivity index (χ1n) is 20.9. The van der Waals surface area contributed by atoms with Crippen LogP contribution in [0.3, 0.4) is 0 Å². The fourth-order valence-electron chi connectivity index (χ4n) is 8.52. The molecule has 0 aliphatic heterocycles. The molecule has 3 heterocycles. The molecule has 0 N–H and O–H groups in total. The molecule has 0 atom stereocenters. The quantitative estimate of drug-likeness (QED) is 0.154. The number of fused-ring (bicyclic) bond motifs is 3. The molecule has 0 saturated carbocycles. The van der Waals surface area contributed by atoms with Crippen LogP contribution < -0.4 is 0 Å². The molecule has 11 rings (SSSR count). The first kappa shape index (κ1) is 36.8. The summed E-state index contributed by atoms with van der Waals surface area (Å²) in [5, 5.41) is 2.36. The Hall–Kier alpha value is -8.28. The third-order valence-electron chi connectivity index (χ3n) is 11.6. The molecular weight excluding hydrogens is 755 g/mol. The third kappa shape index (κ3) is 6.82. The van der Waals surface area contributed by atoms with E-state index in [0.717, 1.165) is 72.9 Å². The summed E-state index contributed by atoms with van der Waals surface area (Å²) < 4.78 is 2.38. The molecule has 8 aromatic carbocycles. The Kier molecular flexibility index (Phi) is 9.32. The number of para-hydroxylation sites is 1. The normalized spacial score (nSPS) is 11.3. The van der Waals surface area contributed by atoms with E-state index in [-0.39, 0.29) is 0 Å². The van der Waals surface area contributed by atoms with Gasteiger partial charge in [0, 0.05) is 44.2 Å². The van der Waals surface area contributed by atoms with Crippen molar-refractivity contribution >= 4 is 21.8 Å². The Bertz CT molecular complexity index is 3280. The Morgan fingerprint density at radius 2 is 0.774 bits per heavy atom. The van der Waals surface area contributed by atoms with Crippen molar-refractivity contribution in [1.29, 1.82) is 0 Å². The van der Waals surface area contributed by atoms with Crippen LogP contribution in [0, 0.1) is 6.92 Å². The summed E-state index contributed by atoms with van der Waals surface area (Å²) in [5.41, 5.74) is 16.0. The van der Waals surface area contributed by atoms with E-state index < -0.39 is 0 Å². The summed E-state index contributed by atoms with van der Waals surface area (Å²) >= 11 is 0. The number of aromatic nitrogens is 5. The standard InChI is InChI=1S/C57H39N5/c1-38-18-14-15-27-45(38)43-30-32-54-47(34-43)46-28-16-17-29-53(46)62(54)55-33-31-44(57-59-49(39-19-6-2-7-20-39)36-50(60-57)40-21-8-3-9-22-40)35-48(55)52-37-51(41-23-10-4-11-24-41)58-56(61-52)42-25-12-5-13-26-42/h2-37H,1H3. The van der Waals surface area contributed by atoms with Crippen LogP contribution in [0.25, 0.3) is 106 Å². The zero-order valence-electron chi connectivity index (χ0n) is 34.0. The van der Waals surface area contributed by atoms with Gasteiger partial charge in [0.2, 0.25) is 0 Å². The molecule has 0 aliphatic carbocycles. The highest BCUT2D eigenvalue weighted by molar-refractivity contribution is 6.11. The second-order valence-corrected chi connectivity index (χ2v) is 15.5. The van der Waals surface area contributed by atoms with Crippen LogP contribution in [-0.4, -0.2) is 24.5 Å². The summed E-state index contributed by atoms with van der Waals surface area (Å²) in [5.74, 6) is 1.28. The van der Waals surface area contributed by atoms with Gasteiger partial charge in [-0.1, -0.05) is 170 Å². The first-order valence-corrected chi connectivity index (χ1v) is 20.9. The van der Waals surface area contributed by atoms with E-state index in [1.54, 1.807) is 0 Å². The molecular formula is C57H39N5. The molecule has 0 spiro atoms. The van der Waals surface area contributed by atoms with E-state index in [0.29, 0.717) is 11.6 Å². The Balaban J connectivity index is 1.20. The molecule has 0 unspecified atom stereocenters. The lowest BCUT2D eigenvalue weighted by molar-refractivity contribution is 1.14. The zero-order valence-corrected chi connectivity index (χ0v) is 34.0. The van der Waals surface area contributed by atoms with Crippen molar-refractivity contribution in [3.05, 3.63) is 224 Å². The maximum absolute atomic E-state index is 5.39. The van der Waals surface area contributed by atoms with Crippen LogP contribution in [0.4, 0.5) is 0 Å². The summed E-state index contributed by atoms with van der Waals surface area (Å²) in [6.45, 7) is 2.17. The van der Waals surface area contributed by atoms with Gasteiger partial charge in [-0.2, -0.15) is 0 Å². The van der Waals surface area contributed by atoms with Crippen molar-refractivity contribution in [2.45, 2.75) is 6.92 Å². The van der Waals surface area contributed by atoms with E-state index in [1.807, 2.05) is 60.7 Å². The molecule has 3 aromatic heterocycles. The zero-order chi connectivity index (χ0) is 41.4. The van der Waals surface area contributed by atoms with Crippen molar-refractivity contribution in [2.24, 2.45) is 0 Å². The lowest BCUT2D eigenvalue weighted by atomic mass is 9.99. The average Bonchev–Trinajstić information content (AvgIpc) is 3.68. The van der Waals surface area contributed by atoms with Gasteiger partial charge in [-0.3, -0.25) is 0 Å². The van der Waals surface area contributed by atoms with Gasteiger partial charge in [0.25, 0.3) is 0 Å². The van der Waals surface area contributed by atoms with Gasteiger partial charge in [-0.15, -0.1) is 0 Å². The van der Waals surface area contributed by atoms with E-state index in [4.69, 9.17) is 19.9 Å². The predicted molar refractivity (Wildman–Crippen MR) is 255 cm³/mol. The Morgan fingerprint density at radius 1 is 0.306 bits per heavy atom. The number of aryl methyl sites for hydroxylation is 1. The topological polar surface area (TPSA) is 56.5 Å². The molecule has 0 aliphatic rings.